The maximum Gasteiger partial charge on any atom is 0.295 e. The van der Waals surface area contributed by atoms with Crippen molar-refractivity contribution >= 4 is 17.4 Å². The van der Waals surface area contributed by atoms with Gasteiger partial charge in [0.05, 0.1) is 40.0 Å². The molecule has 8 nitrogen and oxygen atoms in total. The van der Waals surface area contributed by atoms with E-state index in [1.165, 1.54) is 54.4 Å². The third kappa shape index (κ3) is 5.01. The maximum atomic E-state index is 14.9. The summed E-state index contributed by atoms with van der Waals surface area (Å²) in [7, 11) is 2.90. The van der Waals surface area contributed by atoms with Crippen LogP contribution in [0.3, 0.4) is 0 Å². The molecule has 1 amide bonds. The van der Waals surface area contributed by atoms with Gasteiger partial charge in [0.25, 0.3) is 5.91 Å². The summed E-state index contributed by atoms with van der Waals surface area (Å²) >= 11 is 0. The molecule has 0 aromatic heterocycles. The number of ether oxygens (including phenoxy) is 3. The van der Waals surface area contributed by atoms with E-state index in [1.807, 2.05) is 0 Å². The minimum Gasteiger partial charge on any atom is -0.872 e. The highest BCUT2D eigenvalue weighted by Crippen LogP contribution is 2.40. The quantitative estimate of drug-likeness (QED) is 0.331. The Morgan fingerprint density at radius 3 is 2.51 bits per heavy atom. The molecule has 0 spiro atoms. The average molecular weight is 485 g/mol. The number of morpholine rings is 1. The number of quaternary nitrogens is 1. The van der Waals surface area contributed by atoms with Gasteiger partial charge >= 0.3 is 0 Å². The summed E-state index contributed by atoms with van der Waals surface area (Å²) < 4.78 is 30.8. The van der Waals surface area contributed by atoms with E-state index in [1.54, 1.807) is 12.1 Å². The van der Waals surface area contributed by atoms with Crippen LogP contribution >= 0.6 is 0 Å². The minimum absolute atomic E-state index is 0.120. The van der Waals surface area contributed by atoms with Gasteiger partial charge in [-0.3, -0.25) is 9.59 Å². The van der Waals surface area contributed by atoms with E-state index >= 15 is 0 Å². The fourth-order valence-corrected chi connectivity index (χ4v) is 4.66. The van der Waals surface area contributed by atoms with Crippen molar-refractivity contribution in [2.45, 2.75) is 12.5 Å². The van der Waals surface area contributed by atoms with Crippen molar-refractivity contribution < 1.29 is 38.2 Å². The Morgan fingerprint density at radius 1 is 1.11 bits per heavy atom. The first kappa shape index (κ1) is 24.7. The molecule has 2 aromatic rings. The largest absolute Gasteiger partial charge is 0.872 e. The number of amides is 1. The van der Waals surface area contributed by atoms with Gasteiger partial charge in [0.1, 0.15) is 18.9 Å². The number of nitrogens with one attached hydrogen (secondary N) is 1. The van der Waals surface area contributed by atoms with Crippen molar-refractivity contribution in [3.8, 4) is 11.5 Å². The van der Waals surface area contributed by atoms with Crippen molar-refractivity contribution in [2.75, 3.05) is 53.6 Å². The van der Waals surface area contributed by atoms with E-state index in [4.69, 9.17) is 14.2 Å². The minimum atomic E-state index is -1.10. The molecule has 0 bridgehead atoms. The summed E-state index contributed by atoms with van der Waals surface area (Å²) in [5.74, 6) is -2.19. The van der Waals surface area contributed by atoms with E-state index in [0.29, 0.717) is 31.1 Å². The van der Waals surface area contributed by atoms with Crippen LogP contribution in [-0.2, 0) is 14.3 Å². The van der Waals surface area contributed by atoms with Crippen LogP contribution in [0.25, 0.3) is 5.76 Å². The molecule has 0 radical (unpaired) electrons. The molecule has 1 unspecified atom stereocenters. The van der Waals surface area contributed by atoms with E-state index in [-0.39, 0.29) is 23.2 Å². The third-order valence-corrected chi connectivity index (χ3v) is 6.50. The zero-order valence-corrected chi connectivity index (χ0v) is 19.8. The van der Waals surface area contributed by atoms with Crippen LogP contribution in [0.2, 0.25) is 0 Å². The third-order valence-electron chi connectivity index (χ3n) is 6.50. The SMILES string of the molecule is COc1ccc(/C([O-])=C2\C(=O)C(=O)N(CCC[NH+]3CCOCC3)C2c2ccccc2F)cc1OC. The Morgan fingerprint density at radius 2 is 1.83 bits per heavy atom. The number of methoxy groups -OCH3 is 2. The Bertz CT molecular complexity index is 1130. The maximum absolute atomic E-state index is 14.9. The lowest BCUT2D eigenvalue weighted by Gasteiger charge is -2.29. The van der Waals surface area contributed by atoms with E-state index in [0.717, 1.165) is 19.6 Å². The smallest absolute Gasteiger partial charge is 0.295 e. The molecule has 1 atom stereocenters. The predicted molar refractivity (Wildman–Crippen MR) is 123 cm³/mol. The molecule has 2 saturated heterocycles. The standard InChI is InChI=1S/C26H29FN2O6/c1-33-20-9-8-17(16-21(20)34-2)24(30)22-23(18-6-3-4-7-19(18)27)29(26(32)25(22)31)11-5-10-28-12-14-35-15-13-28/h3-4,6-9,16,23,30H,5,10-15H2,1-2H3/b24-22+. The molecule has 2 aliphatic heterocycles. The number of carbonyl (C=O) groups is 2. The average Bonchev–Trinajstić information content (AvgIpc) is 3.13. The van der Waals surface area contributed by atoms with Crippen molar-refractivity contribution in [3.05, 3.63) is 65.0 Å². The van der Waals surface area contributed by atoms with Crippen LogP contribution in [-0.4, -0.2) is 70.2 Å². The lowest BCUT2D eigenvalue weighted by atomic mass is 9.94. The fourth-order valence-electron chi connectivity index (χ4n) is 4.66. The molecule has 186 valence electrons. The number of hydrogen-bond donors (Lipinski definition) is 1. The van der Waals surface area contributed by atoms with Crippen LogP contribution in [0.5, 0.6) is 11.5 Å². The monoisotopic (exact) mass is 484 g/mol. The summed E-state index contributed by atoms with van der Waals surface area (Å²) in [6.45, 7) is 4.14. The number of benzene rings is 2. The Kier molecular flexibility index (Phi) is 7.67. The first-order valence-electron chi connectivity index (χ1n) is 11.6. The molecule has 0 aliphatic carbocycles. The second-order valence-electron chi connectivity index (χ2n) is 8.53. The van der Waals surface area contributed by atoms with Gasteiger partial charge in [-0.25, -0.2) is 4.39 Å². The first-order chi connectivity index (χ1) is 17.0. The topological polar surface area (TPSA) is 92.6 Å². The van der Waals surface area contributed by atoms with Crippen LogP contribution in [0, 0.1) is 5.82 Å². The second kappa shape index (κ2) is 10.9. The number of Topliss-reactive ketones (excluding diaryl/α,β-unsaturated/α-hetero) is 1. The Hall–Kier alpha value is -3.43. The number of rotatable bonds is 8. The number of likely N-dealkylation sites (tertiary alicyclic amines) is 1. The van der Waals surface area contributed by atoms with Gasteiger partial charge in [0, 0.05) is 24.1 Å². The van der Waals surface area contributed by atoms with E-state index in [2.05, 4.69) is 0 Å². The highest BCUT2D eigenvalue weighted by molar-refractivity contribution is 6.46. The molecule has 2 aromatic carbocycles. The summed E-state index contributed by atoms with van der Waals surface area (Å²) in [6.07, 6.45) is 0.608. The van der Waals surface area contributed by atoms with Gasteiger partial charge < -0.3 is 29.1 Å². The molecule has 35 heavy (non-hydrogen) atoms. The van der Waals surface area contributed by atoms with Crippen LogP contribution in [0.1, 0.15) is 23.6 Å². The molecule has 2 fully saturated rings. The van der Waals surface area contributed by atoms with Crippen molar-refractivity contribution in [2.24, 2.45) is 0 Å². The van der Waals surface area contributed by atoms with Crippen molar-refractivity contribution in [1.82, 2.24) is 4.90 Å². The van der Waals surface area contributed by atoms with Gasteiger partial charge in [-0.15, -0.1) is 0 Å². The van der Waals surface area contributed by atoms with Crippen LogP contribution in [0.4, 0.5) is 4.39 Å². The summed E-state index contributed by atoms with van der Waals surface area (Å²) in [4.78, 5) is 28.9. The second-order valence-corrected chi connectivity index (χ2v) is 8.53. The van der Waals surface area contributed by atoms with Crippen LogP contribution in [0.15, 0.2) is 48.0 Å². The van der Waals surface area contributed by atoms with Gasteiger partial charge in [-0.2, -0.15) is 0 Å². The van der Waals surface area contributed by atoms with E-state index in [9.17, 15) is 19.1 Å². The number of carbonyl (C=O) groups excluding carboxylic acids is 2. The number of ketones is 1. The van der Waals surface area contributed by atoms with Gasteiger partial charge in [0.2, 0.25) is 5.78 Å². The zero-order valence-electron chi connectivity index (χ0n) is 19.8. The van der Waals surface area contributed by atoms with Gasteiger partial charge in [-0.1, -0.05) is 30.0 Å². The van der Waals surface area contributed by atoms with Gasteiger partial charge in [0.15, 0.2) is 11.5 Å². The number of halogens is 1. The molecular formula is C26H29FN2O6. The molecule has 2 aliphatic rings. The van der Waals surface area contributed by atoms with Gasteiger partial charge in [-0.05, 0) is 23.8 Å². The van der Waals surface area contributed by atoms with E-state index < -0.39 is 29.3 Å². The fraction of sp³-hybridized carbons (Fsp3) is 0.385. The predicted octanol–water partition coefficient (Wildman–Crippen LogP) is 0.372. The number of hydrogen-bond acceptors (Lipinski definition) is 6. The van der Waals surface area contributed by atoms with Crippen molar-refractivity contribution in [1.29, 1.82) is 0 Å². The first-order valence-corrected chi connectivity index (χ1v) is 11.6. The molecule has 1 N–H and O–H groups in total. The number of nitrogens with zero attached hydrogens (tertiary/aromatic N) is 1. The lowest BCUT2D eigenvalue weighted by molar-refractivity contribution is -0.908. The zero-order chi connectivity index (χ0) is 24.9. The lowest BCUT2D eigenvalue weighted by Crippen LogP contribution is -3.14. The summed E-state index contributed by atoms with van der Waals surface area (Å²) in [5.41, 5.74) is 0.0139. The normalized spacial score (nSPS) is 20.3. The Balaban J connectivity index is 1.71. The summed E-state index contributed by atoms with van der Waals surface area (Å²) in [5, 5.41) is 13.6. The molecule has 2 heterocycles. The highest BCUT2D eigenvalue weighted by atomic mass is 19.1. The Labute approximate surface area is 203 Å². The van der Waals surface area contributed by atoms with Crippen molar-refractivity contribution in [3.63, 3.8) is 0 Å². The molecule has 4 rings (SSSR count). The molecular weight excluding hydrogens is 455 g/mol. The molecule has 9 heteroatoms. The molecule has 0 saturated carbocycles. The highest BCUT2D eigenvalue weighted by Gasteiger charge is 2.45. The van der Waals surface area contributed by atoms with Crippen LogP contribution < -0.4 is 19.5 Å². The summed E-state index contributed by atoms with van der Waals surface area (Å²) in [6, 6.07) is 9.32.